The fourth-order valence-corrected chi connectivity index (χ4v) is 2.87. The lowest BCUT2D eigenvalue weighted by atomic mass is 10.0. The predicted molar refractivity (Wildman–Crippen MR) is 92.5 cm³/mol. The van der Waals surface area contributed by atoms with Crippen molar-refractivity contribution in [3.05, 3.63) is 65.0 Å². The number of nitriles is 1. The van der Waals surface area contributed by atoms with Crippen molar-refractivity contribution in [3.63, 3.8) is 0 Å². The number of benzene rings is 2. The van der Waals surface area contributed by atoms with Gasteiger partial charge in [0, 0.05) is 13.0 Å². The van der Waals surface area contributed by atoms with E-state index in [1.54, 1.807) is 48.5 Å². The molecule has 0 saturated carbocycles. The van der Waals surface area contributed by atoms with E-state index in [0.717, 1.165) is 0 Å². The van der Waals surface area contributed by atoms with Crippen LogP contribution in [-0.4, -0.2) is 15.3 Å². The molecule has 1 atom stereocenters. The van der Waals surface area contributed by atoms with Crippen LogP contribution in [-0.2, 0) is 11.3 Å². The molecule has 0 fully saturated rings. The van der Waals surface area contributed by atoms with Crippen LogP contribution in [0.25, 0.3) is 22.2 Å². The number of aromatic nitrogens is 2. The van der Waals surface area contributed by atoms with E-state index in [0.29, 0.717) is 22.2 Å². The van der Waals surface area contributed by atoms with Gasteiger partial charge in [0.15, 0.2) is 22.9 Å². The summed E-state index contributed by atoms with van der Waals surface area (Å²) < 4.78 is 12.1. The van der Waals surface area contributed by atoms with Gasteiger partial charge in [0.25, 0.3) is 0 Å². The number of Topliss-reactive ketones (excluding diaryl/α,β-unsaturated/α-hetero) is 1. The number of carbonyl (C=O) groups is 1. The zero-order valence-corrected chi connectivity index (χ0v) is 13.6. The van der Waals surface area contributed by atoms with Crippen LogP contribution in [0, 0.1) is 11.3 Å². The number of carbonyl (C=O) groups excluding carboxylic acids is 1. The smallest absolute Gasteiger partial charge is 0.419 e. The summed E-state index contributed by atoms with van der Waals surface area (Å²) in [6, 6.07) is 16.0. The summed E-state index contributed by atoms with van der Waals surface area (Å²) in [5, 5.41) is 9.40. The lowest BCUT2D eigenvalue weighted by Crippen LogP contribution is -2.19. The van der Waals surface area contributed by atoms with Gasteiger partial charge in [-0.25, -0.2) is 9.78 Å². The molecule has 0 spiro atoms. The maximum absolute atomic E-state index is 12.5. The highest BCUT2D eigenvalue weighted by atomic mass is 16.4. The molecule has 128 valence electrons. The molecule has 0 bridgehead atoms. The third kappa shape index (κ3) is 2.67. The first-order chi connectivity index (χ1) is 12.7. The third-order valence-corrected chi connectivity index (χ3v) is 4.16. The van der Waals surface area contributed by atoms with E-state index in [4.69, 9.17) is 8.83 Å². The van der Waals surface area contributed by atoms with Gasteiger partial charge in [-0.1, -0.05) is 24.3 Å². The van der Waals surface area contributed by atoms with Crippen LogP contribution in [0.3, 0.4) is 0 Å². The number of fused-ring (bicyclic) bond motifs is 2. The molecule has 0 radical (unpaired) electrons. The van der Waals surface area contributed by atoms with Crippen LogP contribution in [0.15, 0.2) is 62.2 Å². The van der Waals surface area contributed by atoms with Gasteiger partial charge < -0.3 is 8.83 Å². The number of hydrogen-bond donors (Lipinski definition) is 0. The average Bonchev–Trinajstić information content (AvgIpc) is 3.20. The topological polar surface area (TPSA) is 102 Å². The highest BCUT2D eigenvalue weighted by molar-refractivity contribution is 5.88. The summed E-state index contributed by atoms with van der Waals surface area (Å²) in [7, 11) is 0. The Balaban J connectivity index is 1.57. The molecule has 26 heavy (non-hydrogen) atoms. The second-order valence-corrected chi connectivity index (χ2v) is 5.79. The standard InChI is InChI=1S/C19H13N3O4/c20-11-12(18-21-13-5-1-3-7-16(13)25-18)15(23)9-10-22-14-6-2-4-8-17(14)26-19(22)24/h1-8,12H,9-10H2/t12-/m0/s1. The number of ketones is 1. The summed E-state index contributed by atoms with van der Waals surface area (Å²) in [5.41, 5.74) is 2.18. The molecular weight excluding hydrogens is 334 g/mol. The maximum Gasteiger partial charge on any atom is 0.419 e. The first kappa shape index (κ1) is 15.8. The van der Waals surface area contributed by atoms with Crippen molar-refractivity contribution in [3.8, 4) is 6.07 Å². The van der Waals surface area contributed by atoms with E-state index in [2.05, 4.69) is 4.98 Å². The van der Waals surface area contributed by atoms with E-state index in [-0.39, 0.29) is 24.6 Å². The first-order valence-corrected chi connectivity index (χ1v) is 8.03. The Bertz CT molecular complexity index is 1180. The molecular formula is C19H13N3O4. The van der Waals surface area contributed by atoms with Gasteiger partial charge in [-0.05, 0) is 24.3 Å². The second kappa shape index (κ2) is 6.33. The van der Waals surface area contributed by atoms with Crippen molar-refractivity contribution >= 4 is 28.0 Å². The Morgan fingerprint density at radius 1 is 1.12 bits per heavy atom. The van der Waals surface area contributed by atoms with Crippen molar-refractivity contribution in [2.24, 2.45) is 0 Å². The van der Waals surface area contributed by atoms with Gasteiger partial charge in [0.1, 0.15) is 5.52 Å². The molecule has 0 N–H and O–H groups in total. The molecule has 0 aliphatic heterocycles. The monoisotopic (exact) mass is 347 g/mol. The normalized spacial score (nSPS) is 12.3. The Labute approximate surface area is 147 Å². The minimum absolute atomic E-state index is 0.0135. The van der Waals surface area contributed by atoms with Gasteiger partial charge in [-0.2, -0.15) is 5.26 Å². The predicted octanol–water partition coefficient (Wildman–Crippen LogP) is 3.00. The molecule has 4 rings (SSSR count). The molecule has 2 aromatic heterocycles. The second-order valence-electron chi connectivity index (χ2n) is 5.79. The fraction of sp³-hybridized carbons (Fsp3) is 0.158. The van der Waals surface area contributed by atoms with Crippen LogP contribution in [0.1, 0.15) is 18.2 Å². The SMILES string of the molecule is N#C[C@@H](C(=O)CCn1c(=O)oc2ccccc21)c1nc2ccccc2o1. The number of aryl methyl sites for hydroxylation is 1. The highest BCUT2D eigenvalue weighted by Gasteiger charge is 2.26. The van der Waals surface area contributed by atoms with Gasteiger partial charge in [-0.3, -0.25) is 9.36 Å². The summed E-state index contributed by atoms with van der Waals surface area (Å²) in [4.78, 5) is 28.7. The van der Waals surface area contributed by atoms with E-state index in [9.17, 15) is 14.9 Å². The van der Waals surface area contributed by atoms with Gasteiger partial charge in [0.2, 0.25) is 5.89 Å². The summed E-state index contributed by atoms with van der Waals surface area (Å²) in [6.07, 6.45) is -0.0135. The molecule has 2 aromatic carbocycles. The van der Waals surface area contributed by atoms with Gasteiger partial charge >= 0.3 is 5.76 Å². The third-order valence-electron chi connectivity index (χ3n) is 4.16. The Kier molecular flexibility index (Phi) is 3.86. The lowest BCUT2D eigenvalue weighted by Gasteiger charge is -2.05. The van der Waals surface area contributed by atoms with Crippen LogP contribution < -0.4 is 5.76 Å². The molecule has 0 saturated heterocycles. The molecule has 4 aromatic rings. The molecule has 7 heteroatoms. The van der Waals surface area contributed by atoms with Crippen molar-refractivity contribution in [1.82, 2.24) is 9.55 Å². The Morgan fingerprint density at radius 2 is 1.85 bits per heavy atom. The molecule has 0 unspecified atom stereocenters. The van der Waals surface area contributed by atoms with Crippen LogP contribution >= 0.6 is 0 Å². The lowest BCUT2D eigenvalue weighted by molar-refractivity contribution is -0.119. The van der Waals surface area contributed by atoms with E-state index >= 15 is 0 Å². The summed E-state index contributed by atoms with van der Waals surface area (Å²) in [5.74, 6) is -1.94. The number of rotatable bonds is 5. The van der Waals surface area contributed by atoms with Crippen molar-refractivity contribution in [2.75, 3.05) is 0 Å². The molecule has 2 heterocycles. The Morgan fingerprint density at radius 3 is 2.62 bits per heavy atom. The maximum atomic E-state index is 12.5. The Hall–Kier alpha value is -3.66. The number of para-hydroxylation sites is 4. The van der Waals surface area contributed by atoms with E-state index < -0.39 is 11.7 Å². The van der Waals surface area contributed by atoms with Crippen LogP contribution in [0.4, 0.5) is 0 Å². The van der Waals surface area contributed by atoms with Crippen molar-refractivity contribution in [2.45, 2.75) is 18.9 Å². The number of oxazole rings is 2. The minimum Gasteiger partial charge on any atom is -0.439 e. The zero-order valence-electron chi connectivity index (χ0n) is 13.6. The zero-order chi connectivity index (χ0) is 18.1. The molecule has 0 aliphatic rings. The average molecular weight is 347 g/mol. The number of hydrogen-bond acceptors (Lipinski definition) is 6. The van der Waals surface area contributed by atoms with Crippen molar-refractivity contribution in [1.29, 1.82) is 5.26 Å². The van der Waals surface area contributed by atoms with E-state index in [1.165, 1.54) is 4.57 Å². The molecule has 0 aliphatic carbocycles. The number of nitrogens with zero attached hydrogens (tertiary/aromatic N) is 3. The first-order valence-electron chi connectivity index (χ1n) is 8.03. The molecule has 0 amide bonds. The van der Waals surface area contributed by atoms with Crippen molar-refractivity contribution < 1.29 is 13.6 Å². The highest BCUT2D eigenvalue weighted by Crippen LogP contribution is 2.23. The summed E-state index contributed by atoms with van der Waals surface area (Å²) >= 11 is 0. The van der Waals surface area contributed by atoms with Gasteiger partial charge in [0.05, 0.1) is 11.6 Å². The largest absolute Gasteiger partial charge is 0.439 e. The van der Waals surface area contributed by atoms with E-state index in [1.807, 2.05) is 6.07 Å². The fourth-order valence-electron chi connectivity index (χ4n) is 2.87. The van der Waals surface area contributed by atoms with Crippen LogP contribution in [0.5, 0.6) is 0 Å². The summed E-state index contributed by atoms with van der Waals surface area (Å²) in [6.45, 7) is 0.118. The quantitative estimate of drug-likeness (QED) is 0.550. The minimum atomic E-state index is -1.11. The van der Waals surface area contributed by atoms with Crippen LogP contribution in [0.2, 0.25) is 0 Å². The van der Waals surface area contributed by atoms with Gasteiger partial charge in [-0.15, -0.1) is 0 Å². The molecule has 7 nitrogen and oxygen atoms in total.